The molecule has 0 spiro atoms. The molecule has 0 unspecified atom stereocenters. The van der Waals surface area contributed by atoms with Crippen molar-refractivity contribution in [2.24, 2.45) is 0 Å². The largest absolute Gasteiger partial charge is 0.480 e. The number of carboxylic acid groups (broad SMARTS) is 1. The molecule has 2 rings (SSSR count). The van der Waals surface area contributed by atoms with Crippen LogP contribution in [0.2, 0.25) is 0 Å². The Balaban J connectivity index is 2.24. The van der Waals surface area contributed by atoms with Gasteiger partial charge in [-0.2, -0.15) is 0 Å². The van der Waals surface area contributed by atoms with E-state index in [-0.39, 0.29) is 18.3 Å². The van der Waals surface area contributed by atoms with Crippen molar-refractivity contribution in [3.63, 3.8) is 0 Å². The molecular formula is C12H10FN3O2. The fraction of sp³-hybridized carbons (Fsp3) is 0.0833. The molecule has 0 saturated heterocycles. The van der Waals surface area contributed by atoms with Gasteiger partial charge in [-0.15, -0.1) is 0 Å². The molecule has 0 saturated carbocycles. The van der Waals surface area contributed by atoms with Crippen molar-refractivity contribution in [1.82, 2.24) is 9.97 Å². The number of anilines is 1. The van der Waals surface area contributed by atoms with E-state index < -0.39 is 5.97 Å². The zero-order valence-electron chi connectivity index (χ0n) is 9.30. The maximum Gasteiger partial charge on any atom is 0.322 e. The summed E-state index contributed by atoms with van der Waals surface area (Å²) in [5, 5.41) is 11.1. The van der Waals surface area contributed by atoms with Gasteiger partial charge >= 0.3 is 5.97 Å². The molecule has 0 aliphatic carbocycles. The van der Waals surface area contributed by atoms with Crippen molar-refractivity contribution in [3.05, 3.63) is 42.3 Å². The van der Waals surface area contributed by atoms with Crippen LogP contribution in [0, 0.1) is 5.82 Å². The average molecular weight is 247 g/mol. The minimum Gasteiger partial charge on any atom is -0.480 e. The number of carbonyl (C=O) groups is 1. The van der Waals surface area contributed by atoms with Crippen LogP contribution in [0.15, 0.2) is 36.5 Å². The van der Waals surface area contributed by atoms with E-state index in [1.54, 1.807) is 18.2 Å². The minimum atomic E-state index is -1.00. The zero-order chi connectivity index (χ0) is 13.0. The van der Waals surface area contributed by atoms with Crippen molar-refractivity contribution in [1.29, 1.82) is 0 Å². The topological polar surface area (TPSA) is 75.1 Å². The summed E-state index contributed by atoms with van der Waals surface area (Å²) in [6, 6.07) is 7.61. The third kappa shape index (κ3) is 3.00. The maximum absolute atomic E-state index is 13.1. The van der Waals surface area contributed by atoms with E-state index >= 15 is 0 Å². The summed E-state index contributed by atoms with van der Waals surface area (Å²) in [4.78, 5) is 18.4. The predicted octanol–water partition coefficient (Wildman–Crippen LogP) is 1.78. The number of halogens is 1. The Hall–Kier alpha value is -2.50. The number of rotatable bonds is 4. The Morgan fingerprint density at radius 3 is 2.94 bits per heavy atom. The lowest BCUT2D eigenvalue weighted by molar-refractivity contribution is -0.134. The van der Waals surface area contributed by atoms with Gasteiger partial charge in [-0.05, 0) is 18.2 Å². The summed E-state index contributed by atoms with van der Waals surface area (Å²) in [7, 11) is 0. The second-order valence-corrected chi connectivity index (χ2v) is 3.52. The molecule has 92 valence electrons. The fourth-order valence-corrected chi connectivity index (χ4v) is 1.41. The smallest absolute Gasteiger partial charge is 0.322 e. The molecule has 5 nitrogen and oxygen atoms in total. The summed E-state index contributed by atoms with van der Waals surface area (Å²) in [5.74, 6) is -1.17. The first-order valence-corrected chi connectivity index (χ1v) is 5.20. The quantitative estimate of drug-likeness (QED) is 0.861. The number of hydrogen-bond donors (Lipinski definition) is 2. The van der Waals surface area contributed by atoms with Crippen LogP contribution in [-0.2, 0) is 4.79 Å². The highest BCUT2D eigenvalue weighted by atomic mass is 19.1. The molecule has 18 heavy (non-hydrogen) atoms. The van der Waals surface area contributed by atoms with Crippen molar-refractivity contribution in [2.45, 2.75) is 0 Å². The molecule has 2 aromatic rings. The molecule has 0 amide bonds. The number of aliphatic carboxylic acids is 1. The number of benzene rings is 1. The van der Waals surface area contributed by atoms with E-state index in [0.29, 0.717) is 11.3 Å². The molecule has 0 aliphatic heterocycles. The Morgan fingerprint density at radius 2 is 2.22 bits per heavy atom. The standard InChI is InChI=1S/C12H10FN3O2/c13-9-3-1-2-8(6-9)10-4-5-14-12(16-10)15-7-11(17)18/h1-6H,7H2,(H,17,18)(H,14,15,16). The van der Waals surface area contributed by atoms with Crippen molar-refractivity contribution in [2.75, 3.05) is 11.9 Å². The molecule has 0 atom stereocenters. The number of nitrogens with one attached hydrogen (secondary N) is 1. The Kier molecular flexibility index (Phi) is 3.47. The fourth-order valence-electron chi connectivity index (χ4n) is 1.41. The van der Waals surface area contributed by atoms with Gasteiger partial charge in [0.1, 0.15) is 12.4 Å². The van der Waals surface area contributed by atoms with Crippen molar-refractivity contribution in [3.8, 4) is 11.3 Å². The van der Waals surface area contributed by atoms with Gasteiger partial charge in [0.05, 0.1) is 5.69 Å². The van der Waals surface area contributed by atoms with Gasteiger partial charge in [-0.1, -0.05) is 12.1 Å². The number of carboxylic acids is 1. The Morgan fingerprint density at radius 1 is 1.39 bits per heavy atom. The third-order valence-electron chi connectivity index (χ3n) is 2.17. The van der Waals surface area contributed by atoms with Crippen LogP contribution in [0.4, 0.5) is 10.3 Å². The van der Waals surface area contributed by atoms with Gasteiger partial charge in [0.2, 0.25) is 5.95 Å². The Bertz CT molecular complexity index is 575. The van der Waals surface area contributed by atoms with Gasteiger partial charge in [0, 0.05) is 11.8 Å². The second kappa shape index (κ2) is 5.22. The van der Waals surface area contributed by atoms with E-state index in [2.05, 4.69) is 15.3 Å². The first-order valence-electron chi connectivity index (χ1n) is 5.20. The molecule has 0 fully saturated rings. The maximum atomic E-state index is 13.1. The normalized spacial score (nSPS) is 10.1. The van der Waals surface area contributed by atoms with Crippen LogP contribution in [-0.4, -0.2) is 27.6 Å². The molecule has 0 aliphatic rings. The summed E-state index contributed by atoms with van der Waals surface area (Å²) in [6.45, 7) is -0.271. The first-order chi connectivity index (χ1) is 8.65. The molecule has 6 heteroatoms. The number of aromatic nitrogens is 2. The highest BCUT2D eigenvalue weighted by Crippen LogP contribution is 2.18. The van der Waals surface area contributed by atoms with Gasteiger partial charge in [0.15, 0.2) is 0 Å². The summed E-state index contributed by atoms with van der Waals surface area (Å²) in [5.41, 5.74) is 1.13. The molecule has 0 radical (unpaired) electrons. The molecule has 0 bridgehead atoms. The number of hydrogen-bond acceptors (Lipinski definition) is 4. The van der Waals surface area contributed by atoms with Crippen LogP contribution in [0.25, 0.3) is 11.3 Å². The lowest BCUT2D eigenvalue weighted by Crippen LogP contribution is -2.14. The van der Waals surface area contributed by atoms with Crippen molar-refractivity contribution >= 4 is 11.9 Å². The predicted molar refractivity (Wildman–Crippen MR) is 63.6 cm³/mol. The van der Waals surface area contributed by atoms with Crippen LogP contribution in [0.5, 0.6) is 0 Å². The van der Waals surface area contributed by atoms with E-state index in [0.717, 1.165) is 0 Å². The van der Waals surface area contributed by atoms with Crippen LogP contribution >= 0.6 is 0 Å². The van der Waals surface area contributed by atoms with E-state index in [4.69, 9.17) is 5.11 Å². The molecule has 1 aromatic heterocycles. The van der Waals surface area contributed by atoms with Crippen LogP contribution in [0.3, 0.4) is 0 Å². The van der Waals surface area contributed by atoms with E-state index in [1.165, 1.54) is 18.3 Å². The highest BCUT2D eigenvalue weighted by molar-refractivity contribution is 5.72. The van der Waals surface area contributed by atoms with Gasteiger partial charge < -0.3 is 10.4 Å². The summed E-state index contributed by atoms with van der Waals surface area (Å²) in [6.07, 6.45) is 1.48. The third-order valence-corrected chi connectivity index (χ3v) is 2.17. The number of nitrogens with zero attached hydrogens (tertiary/aromatic N) is 2. The lowest BCUT2D eigenvalue weighted by Gasteiger charge is -2.04. The zero-order valence-corrected chi connectivity index (χ0v) is 9.30. The molecule has 1 aromatic carbocycles. The van der Waals surface area contributed by atoms with Gasteiger partial charge in [-0.3, -0.25) is 4.79 Å². The van der Waals surface area contributed by atoms with Gasteiger partial charge in [0.25, 0.3) is 0 Å². The molecule has 2 N–H and O–H groups in total. The minimum absolute atomic E-state index is 0.194. The lowest BCUT2D eigenvalue weighted by atomic mass is 10.1. The summed E-state index contributed by atoms with van der Waals surface area (Å²) >= 11 is 0. The van der Waals surface area contributed by atoms with E-state index in [1.807, 2.05) is 0 Å². The summed E-state index contributed by atoms with van der Waals surface area (Å²) < 4.78 is 13.1. The second-order valence-electron chi connectivity index (χ2n) is 3.52. The van der Waals surface area contributed by atoms with E-state index in [9.17, 15) is 9.18 Å². The highest BCUT2D eigenvalue weighted by Gasteiger charge is 2.04. The monoisotopic (exact) mass is 247 g/mol. The molecular weight excluding hydrogens is 237 g/mol. The van der Waals surface area contributed by atoms with Crippen LogP contribution < -0.4 is 5.32 Å². The van der Waals surface area contributed by atoms with Gasteiger partial charge in [-0.25, -0.2) is 14.4 Å². The van der Waals surface area contributed by atoms with Crippen LogP contribution in [0.1, 0.15) is 0 Å². The molecule has 1 heterocycles. The SMILES string of the molecule is O=C(O)CNc1nccc(-c2cccc(F)c2)n1. The first kappa shape index (κ1) is 12.0. The average Bonchev–Trinajstić information content (AvgIpc) is 2.37. The van der Waals surface area contributed by atoms with Crippen molar-refractivity contribution < 1.29 is 14.3 Å². The Labute approximate surface area is 102 Å².